The van der Waals surface area contributed by atoms with Gasteiger partial charge in [0.05, 0.1) is 36.2 Å². The third kappa shape index (κ3) is 6.69. The minimum Gasteiger partial charge on any atom is -0.484 e. The van der Waals surface area contributed by atoms with Crippen molar-refractivity contribution in [3.63, 3.8) is 0 Å². The molecular weight excluding hydrogens is 584 g/mol. The second-order valence-electron chi connectivity index (χ2n) is 11.9. The maximum Gasteiger partial charge on any atom is 0.321 e. The zero-order chi connectivity index (χ0) is 31.7. The van der Waals surface area contributed by atoms with Gasteiger partial charge in [-0.05, 0) is 67.6 Å². The van der Waals surface area contributed by atoms with Gasteiger partial charge >= 0.3 is 5.92 Å². The molecule has 2 N–H and O–H groups in total. The molecule has 1 aliphatic heterocycles. The first kappa shape index (κ1) is 30.7. The molecule has 11 heteroatoms. The third-order valence-electron chi connectivity index (χ3n) is 8.47. The lowest BCUT2D eigenvalue weighted by Crippen LogP contribution is -2.46. The van der Waals surface area contributed by atoms with Crippen molar-refractivity contribution < 1.29 is 37.7 Å². The Morgan fingerprint density at radius 2 is 2.00 bits per heavy atom. The van der Waals surface area contributed by atoms with Crippen LogP contribution in [0.4, 0.5) is 8.78 Å². The number of ketones is 1. The van der Waals surface area contributed by atoms with Gasteiger partial charge in [-0.2, -0.15) is 13.9 Å². The van der Waals surface area contributed by atoms with Crippen LogP contribution in [0.1, 0.15) is 67.1 Å². The van der Waals surface area contributed by atoms with Crippen molar-refractivity contribution in [1.82, 2.24) is 15.1 Å². The van der Waals surface area contributed by atoms with Crippen LogP contribution in [0.25, 0.3) is 16.6 Å². The average Bonchev–Trinajstić information content (AvgIpc) is 3.64. The molecule has 0 saturated heterocycles. The molecule has 1 amide bonds. The van der Waals surface area contributed by atoms with Crippen LogP contribution >= 0.6 is 0 Å². The molecule has 0 bridgehead atoms. The van der Waals surface area contributed by atoms with Gasteiger partial charge in [-0.15, -0.1) is 0 Å². The van der Waals surface area contributed by atoms with Crippen LogP contribution in [0.2, 0.25) is 0 Å². The molecule has 6 rings (SSSR count). The number of halogens is 2. The lowest BCUT2D eigenvalue weighted by Gasteiger charge is -2.28. The van der Waals surface area contributed by atoms with Crippen LogP contribution in [0.5, 0.6) is 11.5 Å². The van der Waals surface area contributed by atoms with Crippen LogP contribution in [0.15, 0.2) is 66.9 Å². The molecule has 9 nitrogen and oxygen atoms in total. The summed E-state index contributed by atoms with van der Waals surface area (Å²) in [6, 6.07) is 17.2. The van der Waals surface area contributed by atoms with Crippen molar-refractivity contribution >= 4 is 22.6 Å². The quantitative estimate of drug-likeness (QED) is 0.213. The summed E-state index contributed by atoms with van der Waals surface area (Å²) in [5.41, 5.74) is 3.52. The van der Waals surface area contributed by atoms with Gasteiger partial charge in [0.2, 0.25) is 0 Å². The Labute approximate surface area is 259 Å². The number of amides is 1. The molecule has 0 unspecified atom stereocenters. The summed E-state index contributed by atoms with van der Waals surface area (Å²) in [5.74, 6) is -3.93. The number of fused-ring (bicyclic) bond motifs is 2. The lowest BCUT2D eigenvalue weighted by atomic mass is 9.95. The van der Waals surface area contributed by atoms with Crippen molar-refractivity contribution in [3.05, 3.63) is 83.6 Å². The van der Waals surface area contributed by atoms with Gasteiger partial charge in [-0.3, -0.25) is 9.59 Å². The summed E-state index contributed by atoms with van der Waals surface area (Å²) in [7, 11) is 0. The van der Waals surface area contributed by atoms with E-state index < -0.39 is 30.1 Å². The molecule has 1 fully saturated rings. The average molecular weight is 620 g/mol. The maximum absolute atomic E-state index is 13.8. The smallest absolute Gasteiger partial charge is 0.321 e. The van der Waals surface area contributed by atoms with Crippen LogP contribution < -0.4 is 14.8 Å². The highest BCUT2D eigenvalue weighted by Crippen LogP contribution is 2.34. The van der Waals surface area contributed by atoms with Crippen molar-refractivity contribution in [3.8, 4) is 17.2 Å². The number of hydrogen-bond donors (Lipinski definition) is 2. The number of aliphatic hydroxyl groups is 1. The van der Waals surface area contributed by atoms with E-state index in [2.05, 4.69) is 10.4 Å². The van der Waals surface area contributed by atoms with Gasteiger partial charge in [-0.25, -0.2) is 4.68 Å². The van der Waals surface area contributed by atoms with Gasteiger partial charge in [-0.1, -0.05) is 30.7 Å². The van der Waals surface area contributed by atoms with Gasteiger partial charge in [0.1, 0.15) is 17.6 Å². The number of hydrogen-bond acceptors (Lipinski definition) is 7. The molecule has 45 heavy (non-hydrogen) atoms. The molecule has 4 atom stereocenters. The number of aromatic nitrogens is 2. The zero-order valence-electron chi connectivity index (χ0n) is 25.0. The predicted molar refractivity (Wildman–Crippen MR) is 162 cm³/mol. The second-order valence-corrected chi connectivity index (χ2v) is 11.9. The van der Waals surface area contributed by atoms with E-state index in [0.717, 1.165) is 35.7 Å². The molecule has 0 spiro atoms. The second kappa shape index (κ2) is 12.6. The molecule has 1 saturated carbocycles. The minimum atomic E-state index is -3.55. The number of alkyl halides is 2. The number of rotatable bonds is 10. The lowest BCUT2D eigenvalue weighted by molar-refractivity contribution is -0.144. The fourth-order valence-electron chi connectivity index (χ4n) is 5.99. The largest absolute Gasteiger partial charge is 0.484 e. The van der Waals surface area contributed by atoms with E-state index in [0.29, 0.717) is 48.3 Å². The van der Waals surface area contributed by atoms with E-state index in [1.807, 2.05) is 24.3 Å². The van der Waals surface area contributed by atoms with E-state index >= 15 is 0 Å². The van der Waals surface area contributed by atoms with Crippen LogP contribution in [0.3, 0.4) is 0 Å². The fraction of sp³-hybridized carbons (Fsp3) is 0.382. The Morgan fingerprint density at radius 3 is 2.78 bits per heavy atom. The summed E-state index contributed by atoms with van der Waals surface area (Å²) in [5, 5.41) is 17.8. The number of aliphatic hydroxyl groups excluding tert-OH is 1. The maximum atomic E-state index is 13.8. The van der Waals surface area contributed by atoms with Crippen LogP contribution in [0, 0.1) is 5.92 Å². The first-order chi connectivity index (χ1) is 21.6. The third-order valence-corrected chi connectivity index (χ3v) is 8.47. The van der Waals surface area contributed by atoms with E-state index in [-0.39, 0.29) is 18.5 Å². The van der Waals surface area contributed by atoms with Crippen LogP contribution in [-0.4, -0.2) is 51.4 Å². The van der Waals surface area contributed by atoms with E-state index in [1.165, 1.54) is 0 Å². The summed E-state index contributed by atoms with van der Waals surface area (Å²) in [6.45, 7) is 2.64. The molecule has 236 valence electrons. The van der Waals surface area contributed by atoms with Crippen molar-refractivity contribution in [2.75, 3.05) is 6.79 Å². The van der Waals surface area contributed by atoms with Gasteiger partial charge in [0, 0.05) is 29.9 Å². The van der Waals surface area contributed by atoms with E-state index in [9.17, 15) is 23.5 Å². The Morgan fingerprint density at radius 1 is 1.16 bits per heavy atom. The highest BCUT2D eigenvalue weighted by Gasteiger charge is 2.35. The number of Topliss-reactive ketones (excluding diaryl/α,β-unsaturated/α-hetero) is 1. The number of ether oxygens (including phenoxy) is 3. The van der Waals surface area contributed by atoms with E-state index in [4.69, 9.17) is 14.2 Å². The van der Waals surface area contributed by atoms with Gasteiger partial charge < -0.3 is 24.6 Å². The minimum absolute atomic E-state index is 0.00807. The normalized spacial score (nSPS) is 19.4. The van der Waals surface area contributed by atoms with Crippen LogP contribution in [-0.2, 0) is 16.1 Å². The number of nitrogens with zero attached hydrogens (tertiary/aromatic N) is 2. The first-order valence-corrected chi connectivity index (χ1v) is 15.0. The molecule has 2 heterocycles. The molecule has 1 aromatic heterocycles. The number of nitrogens with one attached hydrogen (secondary N) is 1. The molecule has 2 aliphatic rings. The fourth-order valence-corrected chi connectivity index (χ4v) is 5.99. The van der Waals surface area contributed by atoms with Gasteiger partial charge in [0.15, 0.2) is 12.6 Å². The molecule has 1 aliphatic carbocycles. The van der Waals surface area contributed by atoms with Crippen molar-refractivity contribution in [2.45, 2.75) is 70.3 Å². The number of carbonyl (C=O) groups excluding carboxylic acids is 2. The SMILES string of the molecule is C[C@H](NC(=O)C(C)(F)F)[C@H](Oc1ccc2c(cnn2-c2cccc(C(=O)C[C@@H]3CCC[C@@H]3O)c2)c1)c1ccc2c(c1)OCOC2. The summed E-state index contributed by atoms with van der Waals surface area (Å²) < 4.78 is 46.6. The Bertz CT molecular complexity index is 1720. The summed E-state index contributed by atoms with van der Waals surface area (Å²) in [4.78, 5) is 25.2. The Hall–Kier alpha value is -4.35. The highest BCUT2D eigenvalue weighted by atomic mass is 19.3. The molecular formula is C34H35F2N3O6. The molecule has 4 aromatic rings. The van der Waals surface area contributed by atoms with Crippen molar-refractivity contribution in [2.24, 2.45) is 5.92 Å². The zero-order valence-corrected chi connectivity index (χ0v) is 25.0. The highest BCUT2D eigenvalue weighted by molar-refractivity contribution is 5.97. The topological polar surface area (TPSA) is 112 Å². The standard InChI is InChI=1S/C34H35F2N3O6/c1-20(38-33(42)34(2,35)36)32(23-9-10-24-18-43-19-44-31(24)16-23)45-27-11-12-28-25(14-27)17-37-39(28)26-7-3-5-21(13-26)30(41)15-22-6-4-8-29(22)40/h3,5,7,9-14,16-17,20,22,29,32,40H,4,6,8,15,18-19H2,1-2H3,(H,38,42)/t20-,22-,29-,32-/m0/s1. The monoisotopic (exact) mass is 619 g/mol. The Balaban J connectivity index is 1.26. The summed E-state index contributed by atoms with van der Waals surface area (Å²) >= 11 is 0. The Kier molecular flexibility index (Phi) is 8.56. The number of benzene rings is 3. The van der Waals surface area contributed by atoms with E-state index in [1.54, 1.807) is 54.2 Å². The van der Waals surface area contributed by atoms with Crippen molar-refractivity contribution in [1.29, 1.82) is 0 Å². The molecule has 0 radical (unpaired) electrons. The summed E-state index contributed by atoms with van der Waals surface area (Å²) in [6.07, 6.45) is 3.26. The predicted octanol–water partition coefficient (Wildman–Crippen LogP) is 5.91. The first-order valence-electron chi connectivity index (χ1n) is 15.0. The number of carbonyl (C=O) groups is 2. The van der Waals surface area contributed by atoms with Gasteiger partial charge in [0.25, 0.3) is 5.91 Å². The molecule has 3 aromatic carbocycles.